The highest BCUT2D eigenvalue weighted by atomic mass is 16.6. The first-order chi connectivity index (χ1) is 5.86. The van der Waals surface area contributed by atoms with Crippen LogP contribution in [0.1, 0.15) is 0 Å². The van der Waals surface area contributed by atoms with E-state index in [0.29, 0.717) is 19.8 Å². The van der Waals surface area contributed by atoms with Crippen LogP contribution in [0.2, 0.25) is 0 Å². The summed E-state index contributed by atoms with van der Waals surface area (Å²) in [5, 5.41) is 3.75. The van der Waals surface area contributed by atoms with Gasteiger partial charge in [0.25, 0.3) is 0 Å². The zero-order valence-electron chi connectivity index (χ0n) is 7.06. The van der Waals surface area contributed by atoms with E-state index in [9.17, 15) is 0 Å². The monoisotopic (exact) mass is 171 g/mol. The lowest BCUT2D eigenvalue weighted by atomic mass is 10.5. The molecule has 0 aliphatic carbocycles. The summed E-state index contributed by atoms with van der Waals surface area (Å²) in [7, 11) is 1.93. The molecule has 12 heavy (non-hydrogen) atoms. The van der Waals surface area contributed by atoms with Gasteiger partial charge in [0.2, 0.25) is 0 Å². The predicted octanol–water partition coefficient (Wildman–Crippen LogP) is -0.503. The molecular formula is C7H13N3O2. The van der Waals surface area contributed by atoms with Gasteiger partial charge in [0.05, 0.1) is 19.8 Å². The lowest BCUT2D eigenvalue weighted by molar-refractivity contribution is -0.160. The van der Waals surface area contributed by atoms with E-state index in [1.54, 1.807) is 0 Å². The molecule has 0 spiro atoms. The Kier molecular flexibility index (Phi) is 2.16. The second-order valence-corrected chi connectivity index (χ2v) is 2.82. The van der Waals surface area contributed by atoms with Crippen molar-refractivity contribution in [2.24, 2.45) is 0 Å². The van der Waals surface area contributed by atoms with Gasteiger partial charge in [-0.05, 0) is 0 Å². The van der Waals surface area contributed by atoms with Crippen LogP contribution in [0.25, 0.3) is 0 Å². The first-order valence-corrected chi connectivity index (χ1v) is 4.01. The van der Waals surface area contributed by atoms with Crippen LogP contribution in [0, 0.1) is 0 Å². The number of nitrogens with zero attached hydrogens (tertiary/aromatic N) is 2. The standard InChI is InChI=1S/C7H13N3O2/c1-9-2-3-10(8-9)7-6-11-4-5-12-7/h2-3,7-8H,4-6H2,1H3. The average Bonchev–Trinajstić information content (AvgIpc) is 2.54. The molecule has 0 radical (unpaired) electrons. The summed E-state index contributed by atoms with van der Waals surface area (Å²) in [5.74, 6) is 0. The quantitative estimate of drug-likeness (QED) is 0.575. The van der Waals surface area contributed by atoms with Gasteiger partial charge in [0.1, 0.15) is 0 Å². The Bertz CT molecular complexity index is 179. The summed E-state index contributed by atoms with van der Waals surface area (Å²) < 4.78 is 10.7. The molecule has 2 heterocycles. The van der Waals surface area contributed by atoms with Gasteiger partial charge >= 0.3 is 0 Å². The zero-order valence-corrected chi connectivity index (χ0v) is 7.06. The molecule has 0 aromatic carbocycles. The molecule has 0 aromatic rings. The number of ether oxygens (including phenoxy) is 2. The second-order valence-electron chi connectivity index (χ2n) is 2.82. The maximum atomic E-state index is 5.47. The molecule has 68 valence electrons. The van der Waals surface area contributed by atoms with Gasteiger partial charge in [-0.25, -0.2) is 0 Å². The molecule has 1 N–H and O–H groups in total. The first kappa shape index (κ1) is 7.85. The Balaban J connectivity index is 1.87. The number of rotatable bonds is 1. The van der Waals surface area contributed by atoms with Gasteiger partial charge in [-0.2, -0.15) is 0 Å². The molecule has 1 fully saturated rings. The third-order valence-electron chi connectivity index (χ3n) is 1.83. The maximum absolute atomic E-state index is 5.47. The van der Waals surface area contributed by atoms with Crippen molar-refractivity contribution in [1.82, 2.24) is 15.6 Å². The van der Waals surface area contributed by atoms with Crippen molar-refractivity contribution in [2.45, 2.75) is 6.23 Å². The number of hydrogen-bond acceptors (Lipinski definition) is 5. The van der Waals surface area contributed by atoms with E-state index in [2.05, 4.69) is 5.53 Å². The molecule has 2 rings (SSSR count). The van der Waals surface area contributed by atoms with Crippen LogP contribution in [0.4, 0.5) is 0 Å². The van der Waals surface area contributed by atoms with Gasteiger partial charge in [0, 0.05) is 19.4 Å². The van der Waals surface area contributed by atoms with Crippen LogP contribution in [0.3, 0.4) is 0 Å². The summed E-state index contributed by atoms with van der Waals surface area (Å²) >= 11 is 0. The number of nitrogens with one attached hydrogen (secondary N) is 1. The van der Waals surface area contributed by atoms with E-state index in [0.717, 1.165) is 0 Å². The van der Waals surface area contributed by atoms with Crippen molar-refractivity contribution >= 4 is 0 Å². The molecule has 0 saturated carbocycles. The van der Waals surface area contributed by atoms with Gasteiger partial charge in [-0.1, -0.05) is 0 Å². The van der Waals surface area contributed by atoms with Gasteiger partial charge < -0.3 is 9.47 Å². The molecule has 1 atom stereocenters. The lowest BCUT2D eigenvalue weighted by Crippen LogP contribution is -2.48. The number of hydrogen-bond donors (Lipinski definition) is 1. The fourth-order valence-electron chi connectivity index (χ4n) is 1.22. The van der Waals surface area contributed by atoms with E-state index < -0.39 is 0 Å². The summed E-state index contributed by atoms with van der Waals surface area (Å²) in [6, 6.07) is 0. The van der Waals surface area contributed by atoms with Crippen molar-refractivity contribution in [3.63, 3.8) is 0 Å². The van der Waals surface area contributed by atoms with Crippen molar-refractivity contribution in [3.8, 4) is 0 Å². The van der Waals surface area contributed by atoms with Crippen LogP contribution >= 0.6 is 0 Å². The van der Waals surface area contributed by atoms with Gasteiger partial charge in [-0.15, -0.1) is 5.53 Å². The summed E-state index contributed by atoms with van der Waals surface area (Å²) in [6.45, 7) is 1.98. The minimum atomic E-state index is -0.0000463. The molecule has 0 aromatic heterocycles. The predicted molar refractivity (Wildman–Crippen MR) is 42.4 cm³/mol. The van der Waals surface area contributed by atoms with Crippen molar-refractivity contribution in [2.75, 3.05) is 26.9 Å². The fourth-order valence-corrected chi connectivity index (χ4v) is 1.22. The molecule has 0 bridgehead atoms. The van der Waals surface area contributed by atoms with Gasteiger partial charge in [0.15, 0.2) is 6.23 Å². The van der Waals surface area contributed by atoms with Crippen LogP contribution in [-0.4, -0.2) is 43.1 Å². The Morgan fingerprint density at radius 1 is 1.42 bits per heavy atom. The van der Waals surface area contributed by atoms with Gasteiger partial charge in [-0.3, -0.25) is 10.0 Å². The van der Waals surface area contributed by atoms with Crippen LogP contribution < -0.4 is 5.53 Å². The minimum Gasteiger partial charge on any atom is -0.374 e. The molecule has 5 heteroatoms. The van der Waals surface area contributed by atoms with E-state index in [1.165, 1.54) is 0 Å². The van der Waals surface area contributed by atoms with Crippen LogP contribution in [0.5, 0.6) is 0 Å². The van der Waals surface area contributed by atoms with Crippen molar-refractivity contribution in [3.05, 3.63) is 12.4 Å². The second kappa shape index (κ2) is 3.30. The zero-order chi connectivity index (χ0) is 8.39. The molecular weight excluding hydrogens is 158 g/mol. The molecule has 5 nitrogen and oxygen atoms in total. The molecule has 1 unspecified atom stereocenters. The van der Waals surface area contributed by atoms with Crippen LogP contribution in [-0.2, 0) is 9.47 Å². The molecule has 2 aliphatic rings. The Hall–Kier alpha value is -0.780. The number of hydrazine groups is 2. The first-order valence-electron chi connectivity index (χ1n) is 4.01. The highest BCUT2D eigenvalue weighted by molar-refractivity contribution is 4.85. The van der Waals surface area contributed by atoms with E-state index in [4.69, 9.17) is 9.47 Å². The smallest absolute Gasteiger partial charge is 0.168 e. The minimum absolute atomic E-state index is 0.0000463. The largest absolute Gasteiger partial charge is 0.374 e. The van der Waals surface area contributed by atoms with E-state index in [-0.39, 0.29) is 6.23 Å². The fraction of sp³-hybridized carbons (Fsp3) is 0.714. The normalized spacial score (nSPS) is 29.9. The topological polar surface area (TPSA) is 37.0 Å². The molecule has 1 saturated heterocycles. The highest BCUT2D eigenvalue weighted by Gasteiger charge is 2.22. The van der Waals surface area contributed by atoms with E-state index >= 15 is 0 Å². The summed E-state index contributed by atoms with van der Waals surface area (Å²) in [4.78, 5) is 0. The van der Waals surface area contributed by atoms with E-state index in [1.807, 2.05) is 29.5 Å². The van der Waals surface area contributed by atoms with Crippen LogP contribution in [0.15, 0.2) is 12.4 Å². The third-order valence-corrected chi connectivity index (χ3v) is 1.83. The Morgan fingerprint density at radius 2 is 2.33 bits per heavy atom. The third kappa shape index (κ3) is 1.52. The summed E-state index contributed by atoms with van der Waals surface area (Å²) in [6.07, 6.45) is 3.86. The highest BCUT2D eigenvalue weighted by Crippen LogP contribution is 2.08. The average molecular weight is 171 g/mol. The summed E-state index contributed by atoms with van der Waals surface area (Å²) in [5.41, 5.74) is 3.07. The Labute approximate surface area is 71.5 Å². The SMILES string of the molecule is CN1C=CN(C2COCCO2)N1. The Morgan fingerprint density at radius 3 is 2.92 bits per heavy atom. The van der Waals surface area contributed by atoms with Crippen molar-refractivity contribution < 1.29 is 9.47 Å². The maximum Gasteiger partial charge on any atom is 0.168 e. The molecule has 0 amide bonds. The molecule has 2 aliphatic heterocycles. The lowest BCUT2D eigenvalue weighted by Gasteiger charge is -2.31. The van der Waals surface area contributed by atoms with Crippen molar-refractivity contribution in [1.29, 1.82) is 0 Å².